The molecule has 130 valence electrons. The molecule has 0 radical (unpaired) electrons. The molecule has 0 fully saturated rings. The van der Waals surface area contributed by atoms with Gasteiger partial charge in [-0.3, -0.25) is 0 Å². The van der Waals surface area contributed by atoms with E-state index in [4.69, 9.17) is 0 Å². The molecule has 0 aliphatic heterocycles. The first kappa shape index (κ1) is 34.2. The molecular formula is C21H34W2. The first-order valence-electron chi connectivity index (χ1n) is 8.36. The standard InChI is InChI=1S/C13H10.4C2H6.2W/c1-3-7-12(8-4-1)11-13-9-5-2-6-10-13;4*1-2;;/h1-7,9H,11H2;4*1-2H3;;/q-2;;;;;;+2. The third-order valence-electron chi connectivity index (χ3n) is 1.93. The zero-order valence-electron chi connectivity index (χ0n) is 16.1. The van der Waals surface area contributed by atoms with Gasteiger partial charge in [-0.15, -0.1) is 0 Å². The van der Waals surface area contributed by atoms with Crippen molar-refractivity contribution in [3.8, 4) is 0 Å². The van der Waals surface area contributed by atoms with Gasteiger partial charge in [-0.2, -0.15) is 71.8 Å². The minimum absolute atomic E-state index is 0. The zero-order valence-corrected chi connectivity index (χ0v) is 22.0. The van der Waals surface area contributed by atoms with E-state index in [1.807, 2.05) is 91.8 Å². The van der Waals surface area contributed by atoms with Crippen molar-refractivity contribution in [2.75, 3.05) is 0 Å². The fourth-order valence-electron chi connectivity index (χ4n) is 1.29. The van der Waals surface area contributed by atoms with E-state index in [-0.39, 0.29) is 42.1 Å². The van der Waals surface area contributed by atoms with Gasteiger partial charge in [-0.1, -0.05) is 55.4 Å². The van der Waals surface area contributed by atoms with Gasteiger partial charge in [0.1, 0.15) is 0 Å². The normalized spacial score (nSPS) is 6.61. The average molecular weight is 654 g/mol. The Hall–Kier alpha value is -0.183. The van der Waals surface area contributed by atoms with Crippen LogP contribution in [0.2, 0.25) is 0 Å². The third kappa shape index (κ3) is 21.8. The van der Waals surface area contributed by atoms with E-state index in [0.717, 1.165) is 6.42 Å². The smallest absolute Gasteiger partial charge is 0.180 e. The monoisotopic (exact) mass is 654 g/mol. The Morgan fingerprint density at radius 1 is 0.609 bits per heavy atom. The molecule has 0 saturated heterocycles. The van der Waals surface area contributed by atoms with Crippen molar-refractivity contribution in [1.82, 2.24) is 0 Å². The van der Waals surface area contributed by atoms with E-state index < -0.39 is 0 Å². The second-order valence-corrected chi connectivity index (χ2v) is 2.95. The minimum atomic E-state index is 0. The molecule has 0 spiro atoms. The van der Waals surface area contributed by atoms with Crippen molar-refractivity contribution in [2.24, 2.45) is 0 Å². The quantitative estimate of drug-likeness (QED) is 0.307. The van der Waals surface area contributed by atoms with Gasteiger partial charge in [0.2, 0.25) is 0 Å². The Balaban J connectivity index is -0.0000000954. The van der Waals surface area contributed by atoms with E-state index in [1.54, 1.807) is 0 Å². The van der Waals surface area contributed by atoms with E-state index in [2.05, 4.69) is 24.3 Å². The molecule has 0 unspecified atom stereocenters. The van der Waals surface area contributed by atoms with E-state index in [1.165, 1.54) is 11.1 Å². The third-order valence-corrected chi connectivity index (χ3v) is 1.93. The van der Waals surface area contributed by atoms with Crippen LogP contribution in [-0.4, -0.2) is 0 Å². The van der Waals surface area contributed by atoms with Crippen molar-refractivity contribution in [3.05, 3.63) is 71.8 Å². The van der Waals surface area contributed by atoms with Crippen LogP contribution in [0.3, 0.4) is 0 Å². The van der Waals surface area contributed by atoms with Crippen LogP contribution < -0.4 is 0 Å². The Morgan fingerprint density at radius 3 is 1.13 bits per heavy atom. The number of hydrogen-bond donors (Lipinski definition) is 0. The summed E-state index contributed by atoms with van der Waals surface area (Å²) in [6.45, 7) is 16.0. The molecule has 2 aromatic rings. The summed E-state index contributed by atoms with van der Waals surface area (Å²) in [4.78, 5) is 0. The number of benzene rings is 2. The van der Waals surface area contributed by atoms with Gasteiger partial charge in [-0.05, 0) is 6.42 Å². The fraction of sp³-hybridized carbons (Fsp3) is 0.429. The molecular weight excluding hydrogens is 620 g/mol. The van der Waals surface area contributed by atoms with Gasteiger partial charge in [0.15, 0.2) is 0 Å². The van der Waals surface area contributed by atoms with E-state index in [9.17, 15) is 0 Å². The molecule has 0 amide bonds. The number of rotatable bonds is 2. The van der Waals surface area contributed by atoms with Gasteiger partial charge in [0.25, 0.3) is 0 Å². The Kier molecular flexibility index (Phi) is 49.7. The van der Waals surface area contributed by atoms with Crippen LogP contribution in [0.5, 0.6) is 0 Å². The van der Waals surface area contributed by atoms with Crippen LogP contribution in [0.4, 0.5) is 0 Å². The summed E-state index contributed by atoms with van der Waals surface area (Å²) in [5.74, 6) is 0. The molecule has 0 aliphatic rings. The predicted octanol–water partition coefficient (Wildman–Crippen LogP) is 6.98. The summed E-state index contributed by atoms with van der Waals surface area (Å²) in [5, 5.41) is 0. The van der Waals surface area contributed by atoms with Crippen LogP contribution in [-0.2, 0) is 48.6 Å². The van der Waals surface area contributed by atoms with Crippen molar-refractivity contribution in [2.45, 2.75) is 61.8 Å². The summed E-state index contributed by atoms with van der Waals surface area (Å²) < 4.78 is 0. The topological polar surface area (TPSA) is 0 Å². The van der Waals surface area contributed by atoms with Gasteiger partial charge in [-0.25, -0.2) is 0 Å². The molecule has 0 saturated carbocycles. The van der Waals surface area contributed by atoms with E-state index in [0.29, 0.717) is 0 Å². The first-order chi connectivity index (χ1) is 10.4. The molecule has 0 nitrogen and oxygen atoms in total. The predicted molar refractivity (Wildman–Crippen MR) is 98.8 cm³/mol. The van der Waals surface area contributed by atoms with Gasteiger partial charge in [0, 0.05) is 21.1 Å². The molecule has 0 aliphatic carbocycles. The first-order valence-corrected chi connectivity index (χ1v) is 8.36. The van der Waals surface area contributed by atoms with Crippen molar-refractivity contribution in [1.29, 1.82) is 0 Å². The Morgan fingerprint density at radius 2 is 0.913 bits per heavy atom. The van der Waals surface area contributed by atoms with Gasteiger partial charge >= 0.3 is 21.1 Å². The van der Waals surface area contributed by atoms with Crippen molar-refractivity contribution < 1.29 is 42.1 Å². The molecule has 0 aromatic heterocycles. The molecule has 2 heteroatoms. The Labute approximate surface area is 175 Å². The summed E-state index contributed by atoms with van der Waals surface area (Å²) in [6.07, 6.45) is 0.918. The van der Waals surface area contributed by atoms with Crippen molar-refractivity contribution >= 4 is 0 Å². The van der Waals surface area contributed by atoms with Crippen LogP contribution in [0, 0.1) is 12.1 Å². The van der Waals surface area contributed by atoms with Crippen LogP contribution in [0.15, 0.2) is 48.5 Å². The minimum Gasteiger partial charge on any atom is -0.180 e. The van der Waals surface area contributed by atoms with E-state index >= 15 is 0 Å². The maximum absolute atomic E-state index is 3.20. The van der Waals surface area contributed by atoms with Crippen molar-refractivity contribution in [3.63, 3.8) is 0 Å². The maximum Gasteiger partial charge on any atom is 2.00 e. The Bertz CT molecular complexity index is 321. The molecule has 0 N–H and O–H groups in total. The summed E-state index contributed by atoms with van der Waals surface area (Å²) >= 11 is 0. The summed E-state index contributed by atoms with van der Waals surface area (Å²) in [6, 6.07) is 22.5. The average Bonchev–Trinajstić information content (AvgIpc) is 2.64. The largest absolute Gasteiger partial charge is 2.00 e. The second-order valence-electron chi connectivity index (χ2n) is 2.95. The molecule has 0 bridgehead atoms. The van der Waals surface area contributed by atoms with Crippen LogP contribution >= 0.6 is 0 Å². The maximum atomic E-state index is 3.20. The molecule has 0 heterocycles. The summed E-state index contributed by atoms with van der Waals surface area (Å²) in [7, 11) is 0. The zero-order chi connectivity index (χ0) is 16.9. The molecule has 2 rings (SSSR count). The number of hydrogen-bond acceptors (Lipinski definition) is 0. The molecule has 2 aromatic carbocycles. The fourth-order valence-corrected chi connectivity index (χ4v) is 1.29. The SMILES string of the molecule is CC.CC.CC.CC.[W+2].[W].[c-]1ccccc1Cc1[c-]cccc1. The molecule has 0 atom stereocenters. The van der Waals surface area contributed by atoms with Gasteiger partial charge < -0.3 is 0 Å². The van der Waals surface area contributed by atoms with Crippen LogP contribution in [0.25, 0.3) is 0 Å². The molecule has 23 heavy (non-hydrogen) atoms. The second kappa shape index (κ2) is 33.4. The summed E-state index contributed by atoms with van der Waals surface area (Å²) in [5.41, 5.74) is 2.43. The van der Waals surface area contributed by atoms with Crippen LogP contribution in [0.1, 0.15) is 66.5 Å². The van der Waals surface area contributed by atoms with Gasteiger partial charge in [0.05, 0.1) is 0 Å².